The average Bonchev–Trinajstić information content (AvgIpc) is 1.38. The van der Waals surface area contributed by atoms with Crippen LogP contribution in [0.15, 0.2) is 294 Å². The van der Waals surface area contributed by atoms with Crippen LogP contribution in [-0.4, -0.2) is 211 Å². The molecule has 5 heterocycles. The van der Waals surface area contributed by atoms with Gasteiger partial charge < -0.3 is 75.1 Å². The van der Waals surface area contributed by atoms with Crippen LogP contribution < -0.4 is 26.6 Å². The molecule has 0 bridgehead atoms. The van der Waals surface area contributed by atoms with Crippen LogP contribution in [-0.2, 0) is 18.9 Å². The van der Waals surface area contributed by atoms with E-state index in [4.69, 9.17) is 30.5 Å². The lowest BCUT2D eigenvalue weighted by Crippen LogP contribution is -2.42. The van der Waals surface area contributed by atoms with Gasteiger partial charge >= 0.3 is 5.97 Å². The van der Waals surface area contributed by atoms with E-state index in [1.165, 1.54) is 20.1 Å². The number of ketones is 11. The molecule has 0 radical (unpaired) electrons. The minimum atomic E-state index is -1.04. The first-order valence-electron chi connectivity index (χ1n) is 44.3. The number of methoxy groups -OCH3 is 1. The lowest BCUT2D eigenvalue weighted by atomic mass is 9.89. The Bertz CT molecular complexity index is 6440. The number of phenolic OH excluding ortho intramolecular Hbond substituents is 1. The topological polar surface area (TPSA) is 338 Å². The third-order valence-corrected chi connectivity index (χ3v) is 24.3. The number of benzene rings is 10. The number of Topliss-reactive ketones (excluding diaryl/α,β-unsaturated/α-hetero) is 11. The number of ether oxygens (including phenoxy) is 4. The summed E-state index contributed by atoms with van der Waals surface area (Å²) in [6, 6.07) is 64.6. The van der Waals surface area contributed by atoms with Gasteiger partial charge in [-0.1, -0.05) is 145 Å². The summed E-state index contributed by atoms with van der Waals surface area (Å²) in [4.78, 5) is 164. The molecule has 10 aliphatic rings. The van der Waals surface area contributed by atoms with Crippen molar-refractivity contribution in [2.75, 3.05) is 139 Å². The first-order chi connectivity index (χ1) is 65.5. The average molecular weight is 1840 g/mol. The van der Waals surface area contributed by atoms with Gasteiger partial charge in [0.2, 0.25) is 57.8 Å². The number of hydrogen-bond acceptors (Lipinski definition) is 27. The summed E-state index contributed by atoms with van der Waals surface area (Å²) >= 11 is 6.06. The van der Waals surface area contributed by atoms with Gasteiger partial charge in [-0.2, -0.15) is 0 Å². The highest BCUT2D eigenvalue weighted by Crippen LogP contribution is 2.39. The highest BCUT2D eigenvalue weighted by molar-refractivity contribution is 6.32. The second-order valence-corrected chi connectivity index (χ2v) is 33.1. The molecule has 10 aromatic rings. The summed E-state index contributed by atoms with van der Waals surface area (Å²) in [6.07, 6.45) is 5.16. The largest absolute Gasteiger partial charge is 0.508 e. The van der Waals surface area contributed by atoms with E-state index < -0.39 is 17.6 Å². The molecule has 20 rings (SSSR count). The van der Waals surface area contributed by atoms with E-state index in [-0.39, 0.29) is 103 Å². The number of esters is 1. The minimum Gasteiger partial charge on any atom is -0.508 e. The zero-order valence-electron chi connectivity index (χ0n) is 73.7. The van der Waals surface area contributed by atoms with E-state index in [2.05, 4.69) is 26.6 Å². The number of carbonyl (C=O) groups excluding carboxylic acids is 12. The number of carbonyl (C=O) groups is 12. The number of rotatable bonds is 17. The number of likely N-dealkylation sites (tertiary alicyclic amines) is 2. The number of anilines is 5. The van der Waals surface area contributed by atoms with Crippen LogP contribution >= 0.6 is 11.6 Å². The maximum absolute atomic E-state index is 13.6. The molecular formula is C105H93ClF2N10O17. The Morgan fingerprint density at radius 3 is 0.867 bits per heavy atom. The lowest BCUT2D eigenvalue weighted by Gasteiger charge is -2.34. The summed E-state index contributed by atoms with van der Waals surface area (Å²) in [5.74, 6) is -4.39. The van der Waals surface area contributed by atoms with Crippen LogP contribution in [0.4, 0.5) is 37.2 Å². The van der Waals surface area contributed by atoms with Crippen LogP contribution in [0, 0.1) is 11.6 Å². The van der Waals surface area contributed by atoms with Crippen molar-refractivity contribution in [2.45, 2.75) is 39.0 Å². The molecule has 27 nitrogen and oxygen atoms in total. The standard InChI is InChI=1S/C22H20N2O5.C22H20N2O3.C21H20N2O3.C20H17ClN2O3.C20H16F2N2O3/c1-28-22(27)14-6-8-15(9-7-14)23-18-19(24-10-12-29-13-11-24)21(26)17-5-3-2-4-16(17)20(18)25;1-14(25)15-8-10-16(11-9-15)23-19-20(24-12-4-5-13-24)22(27)18-7-3-2-6-17(18)21(19)26;24-15-8-6-7-14(13-15)22-18-19(23-11-4-1-5-12-23)21(26)17-10-3-2-9-16(17)20(18)25;21-13-4-3-5-14(12-13)22-17-18(23-8-10-26-11-9-23)20(25)16-7-2-1-6-15(16)19(17)24;21-15-6-5-12(11-16(15)22)23-17-18(24-7-9-27-10-8-24)20(26)14-4-2-1-3-13(14)19(17)25/h2-9,23H,10-13H2,1H3;2-3,6-11,23H,4-5,12-13H2,1H3;2-3,6-10,13,22,24H,1,4-5,11-12H2;1-7,12,22H,8-11H2;1-6,11,23H,7-10H2. The molecule has 686 valence electrons. The molecule has 5 aliphatic heterocycles. The van der Waals surface area contributed by atoms with Crippen LogP contribution in [0.3, 0.4) is 0 Å². The first kappa shape index (κ1) is 92.8. The number of halogens is 3. The number of morpholine rings is 3. The van der Waals surface area contributed by atoms with Gasteiger partial charge in [0.05, 0.1) is 52.3 Å². The summed E-state index contributed by atoms with van der Waals surface area (Å²) < 4.78 is 47.6. The van der Waals surface area contributed by atoms with Crippen molar-refractivity contribution in [1.29, 1.82) is 0 Å². The third-order valence-electron chi connectivity index (χ3n) is 24.1. The SMILES string of the molecule is CC(=O)c1ccc(NC2=C(N3CCCC3)C(=O)c3ccccc3C2=O)cc1.COC(=O)c1ccc(NC2=C(N3CCOCC3)C(=O)c3ccccc3C2=O)cc1.O=C1C(Nc2ccc(F)c(F)c2)=C(N2CCOCC2)C(=O)c2ccccc21.O=C1C(Nc2cccc(Cl)c2)=C(N2CCOCC2)C(=O)c2ccccc21.O=C1C(Nc2cccc(O)c2)=C(N2CCCCC2)C(=O)c2ccccc21. The van der Waals surface area contributed by atoms with Crippen molar-refractivity contribution < 1.29 is 90.4 Å². The number of aromatic hydroxyl groups is 1. The zero-order valence-corrected chi connectivity index (χ0v) is 74.5. The fraction of sp³-hybridized carbons (Fsp3) is 0.219. The van der Waals surface area contributed by atoms with E-state index in [0.29, 0.717) is 202 Å². The van der Waals surface area contributed by atoms with Crippen molar-refractivity contribution in [3.63, 3.8) is 0 Å². The molecule has 5 aliphatic carbocycles. The Labute approximate surface area is 780 Å². The maximum Gasteiger partial charge on any atom is 0.337 e. The summed E-state index contributed by atoms with van der Waals surface area (Å²) in [7, 11) is 1.32. The monoisotopic (exact) mass is 1840 g/mol. The van der Waals surface area contributed by atoms with E-state index in [1.54, 1.807) is 217 Å². The molecule has 5 fully saturated rings. The van der Waals surface area contributed by atoms with Gasteiger partial charge in [-0.3, -0.25) is 52.7 Å². The first-order valence-corrected chi connectivity index (χ1v) is 44.7. The summed E-state index contributed by atoms with van der Waals surface area (Å²) in [6.45, 7) is 10.6. The van der Waals surface area contributed by atoms with Crippen molar-refractivity contribution >= 4 is 110 Å². The zero-order chi connectivity index (χ0) is 94.5. The number of nitrogens with zero attached hydrogens (tertiary/aromatic N) is 5. The fourth-order valence-corrected chi connectivity index (χ4v) is 17.6. The molecule has 6 N–H and O–H groups in total. The smallest absolute Gasteiger partial charge is 0.337 e. The van der Waals surface area contributed by atoms with Crippen LogP contribution in [0.2, 0.25) is 5.02 Å². The Kier molecular flexibility index (Phi) is 28.9. The number of nitrogens with one attached hydrogen (secondary N) is 5. The molecular weight excluding hydrogens is 1750 g/mol. The highest BCUT2D eigenvalue weighted by Gasteiger charge is 2.42. The fourth-order valence-electron chi connectivity index (χ4n) is 17.4. The predicted octanol–water partition coefficient (Wildman–Crippen LogP) is 16.2. The predicted molar refractivity (Wildman–Crippen MR) is 502 cm³/mol. The molecule has 0 aromatic heterocycles. The van der Waals surface area contributed by atoms with Crippen LogP contribution in [0.25, 0.3) is 0 Å². The third kappa shape index (κ3) is 20.3. The molecule has 0 unspecified atom stereocenters. The highest BCUT2D eigenvalue weighted by atomic mass is 35.5. The van der Waals surface area contributed by atoms with Crippen molar-refractivity contribution in [1.82, 2.24) is 24.5 Å². The molecule has 0 spiro atoms. The van der Waals surface area contributed by atoms with Gasteiger partial charge in [0, 0.05) is 172 Å². The van der Waals surface area contributed by atoms with E-state index in [1.807, 2.05) is 25.7 Å². The number of fused-ring (bicyclic) bond motifs is 5. The van der Waals surface area contributed by atoms with Crippen molar-refractivity contribution in [3.8, 4) is 5.75 Å². The number of hydrogen-bond donors (Lipinski definition) is 6. The molecule has 0 saturated carbocycles. The second kappa shape index (κ2) is 42.0. The molecule has 0 atom stereocenters. The molecule has 135 heavy (non-hydrogen) atoms. The van der Waals surface area contributed by atoms with Crippen LogP contribution in [0.1, 0.15) is 163 Å². The number of allylic oxidation sites excluding steroid dienone is 10. The Morgan fingerprint density at radius 2 is 0.570 bits per heavy atom. The van der Waals surface area contributed by atoms with Gasteiger partial charge in [-0.05, 0) is 130 Å². The lowest BCUT2D eigenvalue weighted by molar-refractivity contribution is 0.0495. The van der Waals surface area contributed by atoms with Gasteiger partial charge in [-0.25, -0.2) is 13.6 Å². The van der Waals surface area contributed by atoms with Gasteiger partial charge in [0.25, 0.3) is 0 Å². The quantitative estimate of drug-likeness (QED) is 0.0364. The Morgan fingerprint density at radius 1 is 0.304 bits per heavy atom. The summed E-state index contributed by atoms with van der Waals surface area (Å²) in [5.41, 5.74) is 10.8. The molecule has 30 heteroatoms. The Balaban J connectivity index is 0.000000123. The normalized spacial score (nSPS) is 17.0. The summed E-state index contributed by atoms with van der Waals surface area (Å²) in [5, 5.41) is 25.6. The Hall–Kier alpha value is -15.4. The maximum atomic E-state index is 13.6. The van der Waals surface area contributed by atoms with Gasteiger partial charge in [-0.15, -0.1) is 0 Å². The van der Waals surface area contributed by atoms with E-state index in [9.17, 15) is 71.4 Å². The molecule has 10 aromatic carbocycles. The van der Waals surface area contributed by atoms with Crippen molar-refractivity contribution in [3.05, 3.63) is 377 Å². The second-order valence-electron chi connectivity index (χ2n) is 32.7. The van der Waals surface area contributed by atoms with E-state index in [0.717, 1.165) is 70.4 Å². The molecule has 5 saturated heterocycles. The van der Waals surface area contributed by atoms with E-state index >= 15 is 0 Å². The molecule has 0 amide bonds. The van der Waals surface area contributed by atoms with Crippen LogP contribution in [0.5, 0.6) is 5.75 Å². The number of phenols is 1. The van der Waals surface area contributed by atoms with Gasteiger partial charge in [0.1, 0.15) is 62.7 Å². The number of piperidine rings is 1. The van der Waals surface area contributed by atoms with Crippen molar-refractivity contribution in [2.24, 2.45) is 0 Å². The minimum absolute atomic E-state index is 0.0173. The van der Waals surface area contributed by atoms with Gasteiger partial charge in [0.15, 0.2) is 17.4 Å².